The summed E-state index contributed by atoms with van der Waals surface area (Å²) in [7, 11) is 9.82. The molecule has 1 saturated heterocycles. The van der Waals surface area contributed by atoms with Crippen LogP contribution in [0.2, 0.25) is 0 Å². The molecule has 164 valence electrons. The summed E-state index contributed by atoms with van der Waals surface area (Å²) in [6, 6.07) is 20.3. The summed E-state index contributed by atoms with van der Waals surface area (Å²) in [5.74, 6) is -0.0469. The van der Waals surface area contributed by atoms with Crippen molar-refractivity contribution in [2.45, 2.75) is 0 Å². The summed E-state index contributed by atoms with van der Waals surface area (Å²) >= 11 is 1.40. The second kappa shape index (κ2) is 8.96. The molecule has 0 atom stereocenters. The number of carbonyl (C=O) groups excluding carboxylic acids is 1. The Labute approximate surface area is 193 Å². The Bertz CT molecular complexity index is 1170. The van der Waals surface area contributed by atoms with Crippen LogP contribution >= 0.6 is 11.8 Å². The summed E-state index contributed by atoms with van der Waals surface area (Å²) < 4.78 is 2.08. The van der Waals surface area contributed by atoms with E-state index in [1.54, 1.807) is 11.9 Å². The highest BCUT2D eigenvalue weighted by molar-refractivity contribution is 8.18. The summed E-state index contributed by atoms with van der Waals surface area (Å²) in [5.41, 5.74) is 5.07. The lowest BCUT2D eigenvalue weighted by Gasteiger charge is -2.13. The first-order chi connectivity index (χ1) is 15.3. The zero-order valence-corrected chi connectivity index (χ0v) is 19.8. The van der Waals surface area contributed by atoms with Gasteiger partial charge in [-0.05, 0) is 78.5 Å². The molecule has 1 amide bonds. The van der Waals surface area contributed by atoms with E-state index < -0.39 is 0 Å². The standard InChI is InChI=1S/C25H27N5OS/c1-27(2)19-10-8-18(9-11-19)26-25-29(5)24(31)23(32-25)17-22-7-6-16-30(22)21-14-12-20(13-15-21)28(3)4/h6-17H,1-5H3/b23-17-,26-25?. The lowest BCUT2D eigenvalue weighted by molar-refractivity contribution is -0.121. The lowest BCUT2D eigenvalue weighted by Crippen LogP contribution is -2.23. The third-order valence-electron chi connectivity index (χ3n) is 5.30. The number of rotatable bonds is 5. The van der Waals surface area contributed by atoms with Crippen molar-refractivity contribution in [3.63, 3.8) is 0 Å². The summed E-state index contributed by atoms with van der Waals surface area (Å²) in [5, 5.41) is 0.673. The van der Waals surface area contributed by atoms with Gasteiger partial charge < -0.3 is 14.4 Å². The molecule has 2 heterocycles. The molecule has 0 bridgehead atoms. The van der Waals surface area contributed by atoms with E-state index >= 15 is 0 Å². The van der Waals surface area contributed by atoms with Crippen LogP contribution in [-0.4, -0.2) is 55.8 Å². The predicted octanol–water partition coefficient (Wildman–Crippen LogP) is 4.84. The van der Waals surface area contributed by atoms with Crippen LogP contribution in [0, 0.1) is 0 Å². The average molecular weight is 446 g/mol. The van der Waals surface area contributed by atoms with Crippen molar-refractivity contribution < 1.29 is 4.79 Å². The van der Waals surface area contributed by atoms with E-state index in [0.717, 1.165) is 28.4 Å². The van der Waals surface area contributed by atoms with Gasteiger partial charge in [0.2, 0.25) is 0 Å². The molecule has 1 aliphatic heterocycles. The zero-order chi connectivity index (χ0) is 22.8. The van der Waals surface area contributed by atoms with E-state index in [-0.39, 0.29) is 5.91 Å². The molecular weight excluding hydrogens is 418 g/mol. The highest BCUT2D eigenvalue weighted by Gasteiger charge is 2.30. The van der Waals surface area contributed by atoms with Gasteiger partial charge in [0, 0.05) is 64.2 Å². The Morgan fingerprint density at radius 2 is 1.47 bits per heavy atom. The smallest absolute Gasteiger partial charge is 0.266 e. The van der Waals surface area contributed by atoms with E-state index in [4.69, 9.17) is 4.99 Å². The van der Waals surface area contributed by atoms with Crippen LogP contribution in [0.1, 0.15) is 5.69 Å². The Kier molecular flexibility index (Phi) is 6.10. The van der Waals surface area contributed by atoms with Gasteiger partial charge in [-0.1, -0.05) is 0 Å². The van der Waals surface area contributed by atoms with Crippen molar-refractivity contribution in [2.24, 2.45) is 4.99 Å². The molecule has 4 rings (SSSR count). The third kappa shape index (κ3) is 4.43. The van der Waals surface area contributed by atoms with Gasteiger partial charge in [0.25, 0.3) is 5.91 Å². The van der Waals surface area contributed by atoms with E-state index in [2.05, 4.69) is 33.7 Å². The van der Waals surface area contributed by atoms with Crippen LogP contribution in [-0.2, 0) is 4.79 Å². The fourth-order valence-corrected chi connectivity index (χ4v) is 4.35. The third-order valence-corrected chi connectivity index (χ3v) is 6.36. The molecule has 3 aromatic rings. The number of benzene rings is 2. The van der Waals surface area contributed by atoms with E-state index in [1.807, 2.05) is 81.8 Å². The number of amides is 1. The first kappa shape index (κ1) is 21.8. The van der Waals surface area contributed by atoms with Gasteiger partial charge in [0.05, 0.1) is 10.6 Å². The van der Waals surface area contributed by atoms with Crippen LogP contribution in [0.25, 0.3) is 11.8 Å². The molecule has 0 aliphatic carbocycles. The maximum Gasteiger partial charge on any atom is 0.266 e. The zero-order valence-electron chi connectivity index (χ0n) is 19.0. The predicted molar refractivity (Wildman–Crippen MR) is 136 cm³/mol. The molecule has 2 aromatic carbocycles. The van der Waals surface area contributed by atoms with Crippen LogP contribution in [0.3, 0.4) is 0 Å². The highest BCUT2D eigenvalue weighted by Crippen LogP contribution is 2.34. The van der Waals surface area contributed by atoms with Gasteiger partial charge in [0.1, 0.15) is 0 Å². The number of nitrogens with zero attached hydrogens (tertiary/aromatic N) is 5. The second-order valence-electron chi connectivity index (χ2n) is 7.99. The molecule has 1 fully saturated rings. The van der Waals surface area contributed by atoms with Crippen molar-refractivity contribution in [1.82, 2.24) is 9.47 Å². The summed E-state index contributed by atoms with van der Waals surface area (Å²) in [4.78, 5) is 23.9. The van der Waals surface area contributed by atoms with Crippen LogP contribution < -0.4 is 9.80 Å². The van der Waals surface area contributed by atoms with E-state index in [1.165, 1.54) is 11.8 Å². The highest BCUT2D eigenvalue weighted by atomic mass is 32.2. The Morgan fingerprint density at radius 3 is 2.06 bits per heavy atom. The molecule has 32 heavy (non-hydrogen) atoms. The van der Waals surface area contributed by atoms with Gasteiger partial charge in [-0.3, -0.25) is 9.69 Å². The number of likely N-dealkylation sites (N-methyl/N-ethyl adjacent to an activating group) is 1. The molecule has 1 aromatic heterocycles. The maximum absolute atomic E-state index is 12.9. The molecule has 0 saturated carbocycles. The number of thioether (sulfide) groups is 1. The Hall–Kier alpha value is -3.45. The Morgan fingerprint density at radius 1 is 0.875 bits per heavy atom. The SMILES string of the molecule is CN1C(=O)/C(=C/c2cccn2-c2ccc(N(C)C)cc2)SC1=Nc1ccc(N(C)C)cc1. The fourth-order valence-electron chi connectivity index (χ4n) is 3.38. The van der Waals surface area contributed by atoms with E-state index in [0.29, 0.717) is 10.1 Å². The van der Waals surface area contributed by atoms with Crippen molar-refractivity contribution >= 4 is 46.0 Å². The molecule has 1 aliphatic rings. The average Bonchev–Trinajstić information content (AvgIpc) is 3.35. The molecule has 7 heteroatoms. The molecule has 0 unspecified atom stereocenters. The van der Waals surface area contributed by atoms with Gasteiger partial charge in [-0.15, -0.1) is 0 Å². The molecule has 0 spiro atoms. The Balaban J connectivity index is 1.59. The summed E-state index contributed by atoms with van der Waals surface area (Å²) in [6.45, 7) is 0. The van der Waals surface area contributed by atoms with Crippen LogP contribution in [0.4, 0.5) is 17.1 Å². The minimum Gasteiger partial charge on any atom is -0.378 e. The number of anilines is 2. The van der Waals surface area contributed by atoms with Crippen molar-refractivity contribution in [3.8, 4) is 5.69 Å². The van der Waals surface area contributed by atoms with Crippen LogP contribution in [0.5, 0.6) is 0 Å². The van der Waals surface area contributed by atoms with E-state index in [9.17, 15) is 4.79 Å². The van der Waals surface area contributed by atoms with Gasteiger partial charge in [-0.25, -0.2) is 4.99 Å². The van der Waals surface area contributed by atoms with Crippen molar-refractivity contribution in [2.75, 3.05) is 45.0 Å². The topological polar surface area (TPSA) is 44.1 Å². The molecule has 0 N–H and O–H groups in total. The van der Waals surface area contributed by atoms with Gasteiger partial charge >= 0.3 is 0 Å². The van der Waals surface area contributed by atoms with Gasteiger partial charge in [0.15, 0.2) is 5.17 Å². The minimum absolute atomic E-state index is 0.0469. The minimum atomic E-state index is -0.0469. The quantitative estimate of drug-likeness (QED) is 0.527. The molecule has 6 nitrogen and oxygen atoms in total. The number of aromatic nitrogens is 1. The molecular formula is C25H27N5OS. The van der Waals surface area contributed by atoms with Crippen LogP contribution in [0.15, 0.2) is 76.8 Å². The number of hydrogen-bond acceptors (Lipinski definition) is 5. The first-order valence-corrected chi connectivity index (χ1v) is 11.1. The summed E-state index contributed by atoms with van der Waals surface area (Å²) in [6.07, 6.45) is 3.94. The maximum atomic E-state index is 12.9. The second-order valence-corrected chi connectivity index (χ2v) is 9.00. The normalized spacial score (nSPS) is 16.3. The first-order valence-electron chi connectivity index (χ1n) is 10.3. The molecule has 0 radical (unpaired) electrons. The largest absolute Gasteiger partial charge is 0.378 e. The van der Waals surface area contributed by atoms with Crippen molar-refractivity contribution in [1.29, 1.82) is 0 Å². The van der Waals surface area contributed by atoms with Gasteiger partial charge in [-0.2, -0.15) is 0 Å². The number of carbonyl (C=O) groups is 1. The number of hydrogen-bond donors (Lipinski definition) is 0. The number of amidine groups is 1. The van der Waals surface area contributed by atoms with Crippen molar-refractivity contribution in [3.05, 3.63) is 77.5 Å². The fraction of sp³-hybridized carbons (Fsp3) is 0.200. The number of aliphatic imine (C=N–C) groups is 1. The monoisotopic (exact) mass is 445 g/mol. The lowest BCUT2D eigenvalue weighted by atomic mass is 10.2.